The van der Waals surface area contributed by atoms with Crippen LogP contribution in [-0.4, -0.2) is 22.0 Å². The molecule has 0 aliphatic carbocycles. The minimum atomic E-state index is -1.06. The van der Waals surface area contributed by atoms with Gasteiger partial charge in [0.15, 0.2) is 0 Å². The van der Waals surface area contributed by atoms with Crippen molar-refractivity contribution in [2.45, 2.75) is 13.5 Å². The molecular weight excluding hydrogens is 272 g/mol. The molecule has 1 aliphatic rings. The first kappa shape index (κ1) is 12.4. The van der Waals surface area contributed by atoms with Crippen LogP contribution in [0, 0.1) is 18.6 Å². The third-order valence-corrected chi connectivity index (χ3v) is 3.05. The van der Waals surface area contributed by atoms with Crippen molar-refractivity contribution in [1.82, 2.24) is 10.3 Å². The minimum Gasteiger partial charge on any atom is -0.298 e. The number of rotatable bonds is 2. The predicted octanol–water partition coefficient (Wildman–Crippen LogP) is 1.39. The first-order valence-corrected chi connectivity index (χ1v) is 5.62. The Morgan fingerprint density at radius 2 is 2.00 bits per heavy atom. The van der Waals surface area contributed by atoms with Gasteiger partial charge < -0.3 is 0 Å². The number of ketones is 1. The summed E-state index contributed by atoms with van der Waals surface area (Å²) in [6, 6.07) is 1.50. The van der Waals surface area contributed by atoms with E-state index in [4.69, 9.17) is 0 Å². The van der Waals surface area contributed by atoms with Gasteiger partial charge in [0.05, 0.1) is 17.8 Å². The van der Waals surface area contributed by atoms with Crippen molar-refractivity contribution in [1.29, 1.82) is 0 Å². The summed E-state index contributed by atoms with van der Waals surface area (Å²) >= 11 is 0. The molecule has 0 saturated heterocycles. The Morgan fingerprint density at radius 1 is 1.25 bits per heavy atom. The van der Waals surface area contributed by atoms with Gasteiger partial charge in [-0.3, -0.25) is 14.5 Å². The molecule has 1 aromatic carbocycles. The van der Waals surface area contributed by atoms with Gasteiger partial charge in [0.2, 0.25) is 0 Å². The topological polar surface area (TPSA) is 76.3 Å². The molecule has 20 heavy (non-hydrogen) atoms. The fourth-order valence-electron chi connectivity index (χ4n) is 2.04. The van der Waals surface area contributed by atoms with Gasteiger partial charge in [-0.1, -0.05) is 10.3 Å². The number of Topliss-reactive ketones (excluding diaryl/α,β-unsaturated/α-hetero) is 1. The van der Waals surface area contributed by atoms with Crippen LogP contribution in [0.15, 0.2) is 16.8 Å². The zero-order chi connectivity index (χ0) is 14.4. The molecule has 6 nitrogen and oxygen atoms in total. The van der Waals surface area contributed by atoms with Crippen molar-refractivity contribution in [2.75, 3.05) is 4.90 Å². The quantitative estimate of drug-likeness (QED) is 0.776. The standard InChI is InChI=1S/C12H7F2N3O3/c1-5-8(16-20-15-5)4-17-9-3-6(13)2-7(14)10(9)11(18)12(17)19/h2-3H,4H2,1H3. The highest BCUT2D eigenvalue weighted by atomic mass is 19.1. The lowest BCUT2D eigenvalue weighted by atomic mass is 10.1. The smallest absolute Gasteiger partial charge is 0.298 e. The fraction of sp³-hybridized carbons (Fsp3) is 0.167. The van der Waals surface area contributed by atoms with E-state index in [1.54, 1.807) is 6.92 Å². The monoisotopic (exact) mass is 279 g/mol. The summed E-state index contributed by atoms with van der Waals surface area (Å²) in [6.07, 6.45) is 0. The van der Waals surface area contributed by atoms with E-state index in [9.17, 15) is 18.4 Å². The number of halogens is 2. The maximum Gasteiger partial charge on any atom is 0.299 e. The van der Waals surface area contributed by atoms with E-state index < -0.39 is 28.9 Å². The van der Waals surface area contributed by atoms with E-state index >= 15 is 0 Å². The van der Waals surface area contributed by atoms with Crippen LogP contribution in [0.25, 0.3) is 0 Å². The Balaban J connectivity index is 2.09. The maximum atomic E-state index is 13.6. The lowest BCUT2D eigenvalue weighted by Gasteiger charge is -2.14. The molecule has 0 unspecified atom stereocenters. The van der Waals surface area contributed by atoms with Crippen LogP contribution in [0.3, 0.4) is 0 Å². The van der Waals surface area contributed by atoms with Gasteiger partial charge in [-0.05, 0) is 13.0 Å². The summed E-state index contributed by atoms with van der Waals surface area (Å²) in [4.78, 5) is 24.6. The number of carbonyl (C=O) groups excluding carboxylic acids is 2. The molecule has 1 aromatic heterocycles. The summed E-state index contributed by atoms with van der Waals surface area (Å²) in [7, 11) is 0. The van der Waals surface area contributed by atoms with E-state index in [0.717, 1.165) is 11.0 Å². The second kappa shape index (κ2) is 4.19. The predicted molar refractivity (Wildman–Crippen MR) is 60.9 cm³/mol. The van der Waals surface area contributed by atoms with E-state index in [0.29, 0.717) is 17.5 Å². The summed E-state index contributed by atoms with van der Waals surface area (Å²) in [5, 5.41) is 7.11. The number of hydrogen-bond acceptors (Lipinski definition) is 5. The zero-order valence-electron chi connectivity index (χ0n) is 10.2. The van der Waals surface area contributed by atoms with E-state index in [-0.39, 0.29) is 12.2 Å². The Labute approximate surface area is 110 Å². The van der Waals surface area contributed by atoms with E-state index in [2.05, 4.69) is 14.9 Å². The summed E-state index contributed by atoms with van der Waals surface area (Å²) in [5.74, 6) is -3.88. The van der Waals surface area contributed by atoms with Crippen molar-refractivity contribution in [3.8, 4) is 0 Å². The van der Waals surface area contributed by atoms with Crippen molar-refractivity contribution in [3.05, 3.63) is 40.7 Å². The highest BCUT2D eigenvalue weighted by Gasteiger charge is 2.39. The molecule has 1 amide bonds. The average Bonchev–Trinajstić information content (AvgIpc) is 2.87. The molecule has 102 valence electrons. The van der Waals surface area contributed by atoms with Crippen molar-refractivity contribution in [2.24, 2.45) is 0 Å². The lowest BCUT2D eigenvalue weighted by Crippen LogP contribution is -2.29. The number of nitrogens with zero attached hydrogens (tertiary/aromatic N) is 3. The zero-order valence-corrected chi connectivity index (χ0v) is 10.2. The number of aryl methyl sites for hydroxylation is 1. The van der Waals surface area contributed by atoms with E-state index in [1.807, 2.05) is 0 Å². The second-order valence-corrected chi connectivity index (χ2v) is 4.30. The number of anilines is 1. The molecule has 0 radical (unpaired) electrons. The molecule has 0 saturated carbocycles. The van der Waals surface area contributed by atoms with Crippen LogP contribution >= 0.6 is 0 Å². The minimum absolute atomic E-state index is 0.111. The largest absolute Gasteiger partial charge is 0.299 e. The number of carbonyl (C=O) groups is 2. The van der Waals surface area contributed by atoms with Crippen molar-refractivity contribution < 1.29 is 23.0 Å². The van der Waals surface area contributed by atoms with Crippen molar-refractivity contribution >= 4 is 17.4 Å². The molecule has 2 heterocycles. The average molecular weight is 279 g/mol. The highest BCUT2D eigenvalue weighted by Crippen LogP contribution is 2.33. The molecule has 8 heteroatoms. The normalized spacial score (nSPS) is 14.1. The molecule has 2 aromatic rings. The van der Waals surface area contributed by atoms with Gasteiger partial charge in [0.1, 0.15) is 23.0 Å². The number of fused-ring (bicyclic) bond motifs is 1. The van der Waals surface area contributed by atoms with Gasteiger partial charge in [-0.25, -0.2) is 13.4 Å². The van der Waals surface area contributed by atoms with E-state index in [1.165, 1.54) is 0 Å². The Hall–Kier alpha value is -2.64. The second-order valence-electron chi connectivity index (χ2n) is 4.30. The number of aromatic nitrogens is 2. The van der Waals surface area contributed by atoms with Crippen LogP contribution in [0.5, 0.6) is 0 Å². The Morgan fingerprint density at radius 3 is 2.65 bits per heavy atom. The first-order valence-electron chi connectivity index (χ1n) is 5.62. The van der Waals surface area contributed by atoms with Gasteiger partial charge in [0, 0.05) is 6.07 Å². The Bertz CT molecular complexity index is 742. The number of benzene rings is 1. The molecule has 3 rings (SSSR count). The fourth-order valence-corrected chi connectivity index (χ4v) is 2.04. The van der Waals surface area contributed by atoms with Crippen LogP contribution in [-0.2, 0) is 11.3 Å². The molecule has 0 bridgehead atoms. The third kappa shape index (κ3) is 1.68. The molecular formula is C12H7F2N3O3. The summed E-state index contributed by atoms with van der Waals surface area (Å²) in [6.45, 7) is 1.46. The molecule has 0 spiro atoms. The van der Waals surface area contributed by atoms with Crippen LogP contribution in [0.2, 0.25) is 0 Å². The van der Waals surface area contributed by atoms with Gasteiger partial charge in [-0.2, -0.15) is 0 Å². The number of amides is 1. The molecule has 0 fully saturated rings. The highest BCUT2D eigenvalue weighted by molar-refractivity contribution is 6.52. The van der Waals surface area contributed by atoms with Crippen LogP contribution < -0.4 is 4.90 Å². The lowest BCUT2D eigenvalue weighted by molar-refractivity contribution is -0.114. The molecule has 0 atom stereocenters. The van der Waals surface area contributed by atoms with Crippen LogP contribution in [0.1, 0.15) is 21.7 Å². The first-order chi connectivity index (χ1) is 9.49. The van der Waals surface area contributed by atoms with Crippen LogP contribution in [0.4, 0.5) is 14.5 Å². The number of hydrogen-bond donors (Lipinski definition) is 0. The summed E-state index contributed by atoms with van der Waals surface area (Å²) in [5.41, 5.74) is 0.199. The molecule has 1 aliphatic heterocycles. The van der Waals surface area contributed by atoms with Gasteiger partial charge in [0.25, 0.3) is 11.7 Å². The SMILES string of the molecule is Cc1nonc1CN1C(=O)C(=O)c2c(F)cc(F)cc21. The Kier molecular flexibility index (Phi) is 2.60. The van der Waals surface area contributed by atoms with Crippen molar-refractivity contribution in [3.63, 3.8) is 0 Å². The third-order valence-electron chi connectivity index (χ3n) is 3.05. The summed E-state index contributed by atoms with van der Waals surface area (Å²) < 4.78 is 31.4. The van der Waals surface area contributed by atoms with Gasteiger partial charge in [-0.15, -0.1) is 0 Å². The molecule has 0 N–H and O–H groups in total. The van der Waals surface area contributed by atoms with Gasteiger partial charge >= 0.3 is 0 Å². The maximum absolute atomic E-state index is 13.6.